The summed E-state index contributed by atoms with van der Waals surface area (Å²) in [6, 6.07) is 15.7. The molecule has 1 aliphatic rings. The first-order valence-electron chi connectivity index (χ1n) is 9.21. The van der Waals surface area contributed by atoms with Crippen molar-refractivity contribution in [3.63, 3.8) is 0 Å². The van der Waals surface area contributed by atoms with Crippen LogP contribution in [0.15, 0.2) is 60.7 Å². The van der Waals surface area contributed by atoms with Crippen LogP contribution in [-0.4, -0.2) is 48.9 Å². The van der Waals surface area contributed by atoms with Crippen molar-refractivity contribution in [2.75, 3.05) is 6.54 Å². The van der Waals surface area contributed by atoms with Gasteiger partial charge in [-0.15, -0.1) is 0 Å². The van der Waals surface area contributed by atoms with Gasteiger partial charge < -0.3 is 10.0 Å². The summed E-state index contributed by atoms with van der Waals surface area (Å²) in [7, 11) is -4.24. The number of hydrogen-bond acceptors (Lipinski definition) is 4. The number of nitrogens with one attached hydrogen (secondary N) is 1. The molecule has 2 atom stereocenters. The summed E-state index contributed by atoms with van der Waals surface area (Å²) in [6.45, 7) is 0.245. The van der Waals surface area contributed by atoms with Gasteiger partial charge >= 0.3 is 5.97 Å². The predicted octanol–water partition coefficient (Wildman–Crippen LogP) is 1.06. The molecule has 0 aromatic heterocycles. The Labute approximate surface area is 169 Å². The fourth-order valence-corrected chi connectivity index (χ4v) is 4.39. The number of carboxylic acid groups (broad SMARTS) is 1. The second kappa shape index (κ2) is 8.73. The molecule has 2 aromatic rings. The Morgan fingerprint density at radius 3 is 2.00 bits per heavy atom. The quantitative estimate of drug-likeness (QED) is 0.620. The highest BCUT2D eigenvalue weighted by Crippen LogP contribution is 2.31. The molecule has 0 spiro atoms. The van der Waals surface area contributed by atoms with E-state index in [1.807, 2.05) is 12.1 Å². The molecule has 1 aliphatic heterocycles. The lowest BCUT2D eigenvalue weighted by Crippen LogP contribution is -2.55. The number of carboxylic acids is 1. The van der Waals surface area contributed by atoms with E-state index >= 15 is 0 Å². The average Bonchev–Trinajstić information content (AvgIpc) is 3.18. The molecule has 9 heteroatoms. The molecule has 1 amide bonds. The summed E-state index contributed by atoms with van der Waals surface area (Å²) < 4.78 is 26.1. The Bertz CT molecular complexity index is 927. The Kier molecular flexibility index (Phi) is 6.31. The number of carbonyl (C=O) groups excluding carboxylic acids is 1. The van der Waals surface area contributed by atoms with Crippen LogP contribution in [0.3, 0.4) is 0 Å². The molecule has 2 aromatic carbocycles. The number of hydrogen-bond donors (Lipinski definition) is 3. The number of carbonyl (C=O) groups is 2. The largest absolute Gasteiger partial charge is 0.480 e. The number of aliphatic carboxylic acids is 1. The zero-order valence-electron chi connectivity index (χ0n) is 15.6. The van der Waals surface area contributed by atoms with Crippen LogP contribution >= 0.6 is 0 Å². The van der Waals surface area contributed by atoms with Gasteiger partial charge in [-0.2, -0.15) is 13.1 Å². The number of nitrogens with two attached hydrogens (primary N) is 1. The first-order valence-corrected chi connectivity index (χ1v) is 10.8. The number of amides is 1. The molecule has 0 saturated carbocycles. The molecule has 29 heavy (non-hydrogen) atoms. The van der Waals surface area contributed by atoms with Gasteiger partial charge in [0.2, 0.25) is 5.91 Å². The maximum absolute atomic E-state index is 13.4. The van der Waals surface area contributed by atoms with Crippen LogP contribution in [0.5, 0.6) is 0 Å². The Balaban J connectivity index is 2.09. The van der Waals surface area contributed by atoms with E-state index in [9.17, 15) is 23.1 Å². The molecule has 3 rings (SSSR count). The van der Waals surface area contributed by atoms with Crippen LogP contribution in [0.2, 0.25) is 0 Å². The fraction of sp³-hybridized carbons (Fsp3) is 0.300. The Hall–Kier alpha value is -2.75. The lowest BCUT2D eigenvalue weighted by Gasteiger charge is -2.32. The molecule has 1 heterocycles. The lowest BCUT2D eigenvalue weighted by atomic mass is 9.84. The van der Waals surface area contributed by atoms with Gasteiger partial charge in [0.25, 0.3) is 10.2 Å². The van der Waals surface area contributed by atoms with E-state index in [1.165, 1.54) is 4.90 Å². The van der Waals surface area contributed by atoms with Crippen molar-refractivity contribution in [2.24, 2.45) is 5.14 Å². The summed E-state index contributed by atoms with van der Waals surface area (Å²) in [5.41, 5.74) is 1.42. The molecular weight excluding hydrogens is 394 g/mol. The third-order valence-corrected chi connectivity index (χ3v) is 5.61. The molecule has 0 bridgehead atoms. The van der Waals surface area contributed by atoms with Crippen molar-refractivity contribution < 1.29 is 23.1 Å². The number of rotatable bonds is 7. The van der Waals surface area contributed by atoms with Crippen molar-refractivity contribution in [3.05, 3.63) is 71.8 Å². The summed E-state index contributed by atoms with van der Waals surface area (Å²) in [4.78, 5) is 26.2. The van der Waals surface area contributed by atoms with E-state index in [1.54, 1.807) is 48.5 Å². The van der Waals surface area contributed by atoms with Crippen LogP contribution in [-0.2, 0) is 19.8 Å². The highest BCUT2D eigenvalue weighted by atomic mass is 32.2. The summed E-state index contributed by atoms with van der Waals surface area (Å²) in [5, 5.41) is 14.7. The number of benzene rings is 2. The van der Waals surface area contributed by atoms with Crippen LogP contribution in [0.4, 0.5) is 0 Å². The topological polar surface area (TPSA) is 130 Å². The minimum atomic E-state index is -4.24. The standard InChI is InChI=1S/C20H23N3O5S/c21-29(27,28)22-18(19(24)23-13-7-12-16(23)20(25)26)17(14-8-3-1-4-9-14)15-10-5-2-6-11-15/h1-6,8-11,16-18,22H,7,12-13H2,(H,25,26)(H2,21,27,28)/t16-,18+/m0/s1. The van der Waals surface area contributed by atoms with E-state index in [0.29, 0.717) is 24.0 Å². The van der Waals surface area contributed by atoms with E-state index in [4.69, 9.17) is 5.14 Å². The molecule has 1 fully saturated rings. The van der Waals surface area contributed by atoms with Crippen LogP contribution < -0.4 is 9.86 Å². The maximum atomic E-state index is 13.4. The summed E-state index contributed by atoms with van der Waals surface area (Å²) in [6.07, 6.45) is 0.858. The van der Waals surface area contributed by atoms with Crippen molar-refractivity contribution in [1.82, 2.24) is 9.62 Å². The van der Waals surface area contributed by atoms with E-state index in [-0.39, 0.29) is 6.54 Å². The number of likely N-dealkylation sites (tertiary alicyclic amines) is 1. The summed E-state index contributed by atoms with van der Waals surface area (Å²) >= 11 is 0. The van der Waals surface area contributed by atoms with Crippen molar-refractivity contribution >= 4 is 22.1 Å². The van der Waals surface area contributed by atoms with Gasteiger partial charge in [0.15, 0.2) is 0 Å². The average molecular weight is 417 g/mol. The second-order valence-corrected chi connectivity index (χ2v) is 8.29. The zero-order valence-corrected chi connectivity index (χ0v) is 16.5. The van der Waals surface area contributed by atoms with Gasteiger partial charge in [0.05, 0.1) is 0 Å². The molecule has 8 nitrogen and oxygen atoms in total. The molecule has 0 unspecified atom stereocenters. The predicted molar refractivity (Wildman–Crippen MR) is 107 cm³/mol. The SMILES string of the molecule is NS(=O)(=O)N[C@@H](C(=O)N1CCC[C@H]1C(=O)O)C(c1ccccc1)c1ccccc1. The minimum absolute atomic E-state index is 0.245. The molecular formula is C20H23N3O5S. The third kappa shape index (κ3) is 5.00. The van der Waals surface area contributed by atoms with Gasteiger partial charge in [0.1, 0.15) is 12.1 Å². The normalized spacial score (nSPS) is 18.0. The van der Waals surface area contributed by atoms with Gasteiger partial charge in [0, 0.05) is 12.5 Å². The van der Waals surface area contributed by atoms with E-state index in [2.05, 4.69) is 4.72 Å². The first kappa shape index (κ1) is 21.0. The van der Waals surface area contributed by atoms with Gasteiger partial charge in [-0.05, 0) is 24.0 Å². The zero-order chi connectivity index (χ0) is 21.0. The van der Waals surface area contributed by atoms with Crippen LogP contribution in [0.25, 0.3) is 0 Å². The molecule has 0 radical (unpaired) electrons. The van der Waals surface area contributed by atoms with Crippen molar-refractivity contribution in [1.29, 1.82) is 0 Å². The van der Waals surface area contributed by atoms with Crippen molar-refractivity contribution in [3.8, 4) is 0 Å². The van der Waals surface area contributed by atoms with Gasteiger partial charge in [-0.1, -0.05) is 60.7 Å². The van der Waals surface area contributed by atoms with Gasteiger partial charge in [-0.25, -0.2) is 9.93 Å². The fourth-order valence-electron chi connectivity index (χ4n) is 3.80. The molecule has 1 saturated heterocycles. The van der Waals surface area contributed by atoms with Crippen LogP contribution in [0, 0.1) is 0 Å². The second-order valence-electron chi connectivity index (χ2n) is 6.97. The van der Waals surface area contributed by atoms with E-state index < -0.39 is 40.1 Å². The van der Waals surface area contributed by atoms with Crippen LogP contribution in [0.1, 0.15) is 29.9 Å². The minimum Gasteiger partial charge on any atom is -0.480 e. The highest BCUT2D eigenvalue weighted by molar-refractivity contribution is 7.87. The Morgan fingerprint density at radius 2 is 1.55 bits per heavy atom. The van der Waals surface area contributed by atoms with Crippen molar-refractivity contribution in [2.45, 2.75) is 30.8 Å². The maximum Gasteiger partial charge on any atom is 0.326 e. The molecule has 154 valence electrons. The monoisotopic (exact) mass is 417 g/mol. The lowest BCUT2D eigenvalue weighted by molar-refractivity contribution is -0.149. The summed E-state index contributed by atoms with van der Waals surface area (Å²) in [5.74, 6) is -2.40. The smallest absolute Gasteiger partial charge is 0.326 e. The highest BCUT2D eigenvalue weighted by Gasteiger charge is 2.41. The first-order chi connectivity index (χ1) is 13.8. The molecule has 4 N–H and O–H groups in total. The third-order valence-electron chi connectivity index (χ3n) is 5.03. The van der Waals surface area contributed by atoms with E-state index in [0.717, 1.165) is 0 Å². The Morgan fingerprint density at radius 1 is 1.03 bits per heavy atom. The molecule has 0 aliphatic carbocycles. The number of nitrogens with zero attached hydrogens (tertiary/aromatic N) is 1. The van der Waals surface area contributed by atoms with Gasteiger partial charge in [-0.3, -0.25) is 4.79 Å².